The number of fused-ring (bicyclic) bond motifs is 1. The zero-order valence-electron chi connectivity index (χ0n) is 15.9. The molecular weight excluding hydrogens is 354 g/mol. The van der Waals surface area contributed by atoms with Gasteiger partial charge in [-0.2, -0.15) is 0 Å². The van der Waals surface area contributed by atoms with Gasteiger partial charge in [0.2, 0.25) is 0 Å². The zero-order chi connectivity index (χ0) is 19.5. The number of nitrogens with zero attached hydrogens (tertiary/aromatic N) is 2. The summed E-state index contributed by atoms with van der Waals surface area (Å²) in [6, 6.07) is 17.3. The van der Waals surface area contributed by atoms with E-state index in [1.807, 2.05) is 61.5 Å². The van der Waals surface area contributed by atoms with Crippen molar-refractivity contribution < 1.29 is 14.3 Å². The van der Waals surface area contributed by atoms with E-state index in [4.69, 9.17) is 4.74 Å². The maximum absolute atomic E-state index is 12.8. The van der Waals surface area contributed by atoms with Crippen molar-refractivity contribution in [3.05, 3.63) is 65.9 Å². The molecule has 0 aliphatic carbocycles. The highest BCUT2D eigenvalue weighted by Crippen LogP contribution is 2.17. The van der Waals surface area contributed by atoms with Crippen molar-refractivity contribution in [2.24, 2.45) is 0 Å². The Kier molecular flexibility index (Phi) is 5.02. The molecule has 28 heavy (non-hydrogen) atoms. The fourth-order valence-electron chi connectivity index (χ4n) is 3.46. The number of hydrogen-bond donors (Lipinski definition) is 1. The van der Waals surface area contributed by atoms with Gasteiger partial charge in [-0.15, -0.1) is 0 Å². The molecule has 1 N–H and O–H groups in total. The number of benzene rings is 2. The second-order valence-corrected chi connectivity index (χ2v) is 7.05. The Balaban J connectivity index is 1.31. The topological polar surface area (TPSA) is 65.6 Å². The molecule has 0 atom stereocenters. The predicted octanol–water partition coefficient (Wildman–Crippen LogP) is 2.84. The lowest BCUT2D eigenvalue weighted by atomic mass is 10.2. The smallest absolute Gasteiger partial charge is 0.270 e. The van der Waals surface area contributed by atoms with Crippen LogP contribution in [-0.4, -0.2) is 59.4 Å². The number of aromatic nitrogens is 1. The molecule has 0 unspecified atom stereocenters. The third-order valence-corrected chi connectivity index (χ3v) is 5.03. The number of carbonyl (C=O) groups excluding carboxylic acids is 2. The lowest BCUT2D eigenvalue weighted by Crippen LogP contribution is -2.51. The summed E-state index contributed by atoms with van der Waals surface area (Å²) in [6.07, 6.45) is 0. The van der Waals surface area contributed by atoms with E-state index in [0.29, 0.717) is 37.6 Å². The van der Waals surface area contributed by atoms with Crippen LogP contribution in [0.15, 0.2) is 54.6 Å². The van der Waals surface area contributed by atoms with Gasteiger partial charge >= 0.3 is 0 Å². The molecule has 6 heteroatoms. The van der Waals surface area contributed by atoms with Crippen molar-refractivity contribution in [2.75, 3.05) is 32.8 Å². The van der Waals surface area contributed by atoms with Gasteiger partial charge < -0.3 is 19.5 Å². The Morgan fingerprint density at radius 2 is 1.71 bits per heavy atom. The molecule has 1 aromatic heterocycles. The van der Waals surface area contributed by atoms with Gasteiger partial charge in [-0.25, -0.2) is 0 Å². The Labute approximate surface area is 163 Å². The first-order valence-corrected chi connectivity index (χ1v) is 9.44. The number of hydrogen-bond acceptors (Lipinski definition) is 3. The van der Waals surface area contributed by atoms with E-state index in [-0.39, 0.29) is 18.4 Å². The molecule has 4 rings (SSSR count). The van der Waals surface area contributed by atoms with E-state index in [9.17, 15) is 9.59 Å². The standard InChI is InChI=1S/C22H23N3O3/c1-16-5-4-7-18(13-16)28-15-21(26)24-9-11-25(12-10-24)22(27)20-14-17-6-2-3-8-19(17)23-20/h2-8,13-14,23H,9-12,15H2,1H3. The van der Waals surface area contributed by atoms with E-state index in [1.165, 1.54) is 0 Å². The van der Waals surface area contributed by atoms with Crippen LogP contribution >= 0.6 is 0 Å². The largest absolute Gasteiger partial charge is 0.484 e. The van der Waals surface area contributed by atoms with Gasteiger partial charge in [-0.05, 0) is 36.8 Å². The van der Waals surface area contributed by atoms with Crippen LogP contribution < -0.4 is 4.74 Å². The minimum absolute atomic E-state index is 0.0133. The van der Waals surface area contributed by atoms with E-state index < -0.39 is 0 Å². The highest BCUT2D eigenvalue weighted by molar-refractivity contribution is 5.98. The molecule has 3 aromatic rings. The number of rotatable bonds is 4. The fraction of sp³-hybridized carbons (Fsp3) is 0.273. The number of ether oxygens (including phenoxy) is 1. The minimum Gasteiger partial charge on any atom is -0.484 e. The molecule has 0 bridgehead atoms. The zero-order valence-corrected chi connectivity index (χ0v) is 15.9. The summed E-state index contributed by atoms with van der Waals surface area (Å²) in [5.41, 5.74) is 2.63. The predicted molar refractivity (Wildman–Crippen MR) is 107 cm³/mol. The SMILES string of the molecule is Cc1cccc(OCC(=O)N2CCN(C(=O)c3cc4ccccc4[nH]3)CC2)c1. The van der Waals surface area contributed by atoms with Crippen LogP contribution in [0.4, 0.5) is 0 Å². The number of nitrogens with one attached hydrogen (secondary N) is 1. The molecule has 1 saturated heterocycles. The third-order valence-electron chi connectivity index (χ3n) is 5.03. The summed E-state index contributed by atoms with van der Waals surface area (Å²) in [6.45, 7) is 4.07. The molecule has 1 fully saturated rings. The first-order chi connectivity index (χ1) is 13.6. The van der Waals surface area contributed by atoms with Crippen LogP contribution in [0.3, 0.4) is 0 Å². The summed E-state index contributed by atoms with van der Waals surface area (Å²) < 4.78 is 5.60. The molecule has 1 aliphatic heterocycles. The number of aromatic amines is 1. The quantitative estimate of drug-likeness (QED) is 0.760. The van der Waals surface area contributed by atoms with Gasteiger partial charge in [0.1, 0.15) is 11.4 Å². The number of amides is 2. The minimum atomic E-state index is -0.0563. The molecular formula is C22H23N3O3. The van der Waals surface area contributed by atoms with Gasteiger partial charge in [-0.3, -0.25) is 9.59 Å². The molecule has 144 valence electrons. The second-order valence-electron chi connectivity index (χ2n) is 7.05. The second kappa shape index (κ2) is 7.76. The highest BCUT2D eigenvalue weighted by Gasteiger charge is 2.25. The Morgan fingerprint density at radius 1 is 0.964 bits per heavy atom. The van der Waals surface area contributed by atoms with Crippen LogP contribution in [0.5, 0.6) is 5.75 Å². The summed E-state index contributed by atoms with van der Waals surface area (Å²) in [5, 5.41) is 1.02. The number of aryl methyl sites for hydroxylation is 1. The van der Waals surface area contributed by atoms with Crippen molar-refractivity contribution in [2.45, 2.75) is 6.92 Å². The lowest BCUT2D eigenvalue weighted by molar-refractivity contribution is -0.134. The number of piperazine rings is 1. The Bertz CT molecular complexity index is 970. The van der Waals surface area contributed by atoms with Gasteiger partial charge in [-0.1, -0.05) is 30.3 Å². The van der Waals surface area contributed by atoms with Crippen LogP contribution in [0.25, 0.3) is 10.9 Å². The van der Waals surface area contributed by atoms with Crippen LogP contribution in [0, 0.1) is 6.92 Å². The number of para-hydroxylation sites is 1. The molecule has 0 spiro atoms. The highest BCUT2D eigenvalue weighted by atomic mass is 16.5. The van der Waals surface area contributed by atoms with Crippen molar-refractivity contribution in [3.8, 4) is 5.75 Å². The Hall–Kier alpha value is -3.28. The van der Waals surface area contributed by atoms with Gasteiger partial charge in [0, 0.05) is 37.1 Å². The Morgan fingerprint density at radius 3 is 2.46 bits per heavy atom. The third kappa shape index (κ3) is 3.86. The monoisotopic (exact) mass is 377 g/mol. The van der Waals surface area contributed by atoms with Gasteiger partial charge in [0.05, 0.1) is 0 Å². The normalized spacial score (nSPS) is 14.3. The maximum atomic E-state index is 12.8. The van der Waals surface area contributed by atoms with Crippen molar-refractivity contribution >= 4 is 22.7 Å². The van der Waals surface area contributed by atoms with Crippen molar-refractivity contribution in [3.63, 3.8) is 0 Å². The molecule has 0 saturated carbocycles. The van der Waals surface area contributed by atoms with E-state index in [0.717, 1.165) is 16.5 Å². The first-order valence-electron chi connectivity index (χ1n) is 9.44. The number of carbonyl (C=O) groups is 2. The van der Waals surface area contributed by atoms with E-state index >= 15 is 0 Å². The van der Waals surface area contributed by atoms with Crippen molar-refractivity contribution in [1.29, 1.82) is 0 Å². The molecule has 6 nitrogen and oxygen atoms in total. The van der Waals surface area contributed by atoms with Crippen molar-refractivity contribution in [1.82, 2.24) is 14.8 Å². The molecule has 0 radical (unpaired) electrons. The van der Waals surface area contributed by atoms with Crippen LogP contribution in [-0.2, 0) is 4.79 Å². The van der Waals surface area contributed by atoms with Gasteiger partial charge in [0.25, 0.3) is 11.8 Å². The lowest BCUT2D eigenvalue weighted by Gasteiger charge is -2.34. The molecule has 2 heterocycles. The first kappa shape index (κ1) is 18.1. The molecule has 2 aromatic carbocycles. The summed E-state index contributed by atoms with van der Waals surface area (Å²) in [5.74, 6) is 0.611. The fourth-order valence-corrected chi connectivity index (χ4v) is 3.46. The average molecular weight is 377 g/mol. The van der Waals surface area contributed by atoms with Crippen LogP contribution in [0.2, 0.25) is 0 Å². The summed E-state index contributed by atoms with van der Waals surface area (Å²) in [7, 11) is 0. The average Bonchev–Trinajstić information content (AvgIpc) is 3.16. The molecule has 2 amide bonds. The summed E-state index contributed by atoms with van der Waals surface area (Å²) in [4.78, 5) is 31.9. The van der Waals surface area contributed by atoms with Crippen LogP contribution in [0.1, 0.15) is 16.1 Å². The number of H-pyrrole nitrogens is 1. The van der Waals surface area contributed by atoms with Gasteiger partial charge in [0.15, 0.2) is 6.61 Å². The van der Waals surface area contributed by atoms with E-state index in [1.54, 1.807) is 9.80 Å². The summed E-state index contributed by atoms with van der Waals surface area (Å²) >= 11 is 0. The maximum Gasteiger partial charge on any atom is 0.270 e. The van der Waals surface area contributed by atoms with E-state index in [2.05, 4.69) is 4.98 Å². The molecule has 1 aliphatic rings.